The van der Waals surface area contributed by atoms with Crippen molar-refractivity contribution < 1.29 is 86.8 Å². The van der Waals surface area contributed by atoms with Crippen LogP contribution in [0.3, 0.4) is 0 Å². The standard InChI is InChI=1S/2C9H8BrClO3.K.H2O/c10-4-1-5-8(13)7(3-12)14-9(5)6(11)2-4;10-4-1-5(8(12)6(11)2-4)9(13)7-3-14-7;;/h1-2,7-8,12-13H,3H2;1-2,7,9,12-13H,3H2;;1H2/q;;+1;/p-1. The van der Waals surface area contributed by atoms with Gasteiger partial charge in [0.2, 0.25) is 0 Å². The zero-order valence-corrected chi connectivity index (χ0v) is 23.4. The predicted octanol–water partition coefficient (Wildman–Crippen LogP) is 0.957. The number of fused-ring (bicyclic) bond motifs is 1. The van der Waals surface area contributed by atoms with Crippen LogP contribution in [0, 0.1) is 0 Å². The molecule has 0 aromatic heterocycles. The summed E-state index contributed by atoms with van der Waals surface area (Å²) in [5.74, 6) is 0.374. The van der Waals surface area contributed by atoms with E-state index in [0.717, 1.165) is 8.95 Å². The molecule has 5 N–H and O–H groups in total. The van der Waals surface area contributed by atoms with Crippen LogP contribution in [-0.2, 0) is 4.74 Å². The van der Waals surface area contributed by atoms with Crippen LogP contribution in [0.15, 0.2) is 33.2 Å². The number of benzene rings is 2. The average Bonchev–Trinajstić information content (AvgIpc) is 3.43. The summed E-state index contributed by atoms with van der Waals surface area (Å²) < 4.78 is 11.7. The molecule has 4 rings (SSSR count). The van der Waals surface area contributed by atoms with Gasteiger partial charge >= 0.3 is 51.4 Å². The molecule has 160 valence electrons. The van der Waals surface area contributed by atoms with E-state index in [1.165, 1.54) is 0 Å². The number of rotatable bonds is 3. The molecule has 0 bridgehead atoms. The van der Waals surface area contributed by atoms with Crippen molar-refractivity contribution in [3.8, 4) is 11.5 Å². The van der Waals surface area contributed by atoms with Crippen LogP contribution in [0.2, 0.25) is 10.0 Å². The monoisotopic (exact) mass is 612 g/mol. The van der Waals surface area contributed by atoms with Gasteiger partial charge in [0.15, 0.2) is 6.10 Å². The summed E-state index contributed by atoms with van der Waals surface area (Å²) in [6, 6.07) is 6.63. The molecular weight excluding hydrogens is 598 g/mol. The number of aromatic hydroxyl groups is 1. The molecule has 7 nitrogen and oxygen atoms in total. The number of epoxide rings is 1. The van der Waals surface area contributed by atoms with E-state index in [-0.39, 0.29) is 80.3 Å². The Morgan fingerprint density at radius 3 is 2.23 bits per heavy atom. The maximum Gasteiger partial charge on any atom is 1.00 e. The van der Waals surface area contributed by atoms with Crippen molar-refractivity contribution in [2.75, 3.05) is 13.2 Å². The number of hydrogen-bond acceptors (Lipinski definition) is 7. The van der Waals surface area contributed by atoms with Gasteiger partial charge in [-0.05, 0) is 24.3 Å². The normalized spacial score (nSPS) is 21.8. The van der Waals surface area contributed by atoms with Crippen LogP contribution >= 0.6 is 55.1 Å². The van der Waals surface area contributed by atoms with Gasteiger partial charge in [0.1, 0.15) is 29.8 Å². The number of hydrogen-bond donors (Lipinski definition) is 4. The first-order valence-electron chi connectivity index (χ1n) is 8.15. The number of ether oxygens (including phenoxy) is 2. The Kier molecular flexibility index (Phi) is 12.1. The van der Waals surface area contributed by atoms with Crippen molar-refractivity contribution in [1.29, 1.82) is 0 Å². The fourth-order valence-electron chi connectivity index (χ4n) is 2.73. The molecule has 4 atom stereocenters. The van der Waals surface area contributed by atoms with Crippen molar-refractivity contribution in [3.63, 3.8) is 0 Å². The van der Waals surface area contributed by atoms with Gasteiger partial charge in [-0.2, -0.15) is 0 Å². The van der Waals surface area contributed by atoms with Crippen molar-refractivity contribution in [1.82, 2.24) is 0 Å². The van der Waals surface area contributed by atoms with Crippen LogP contribution in [0.25, 0.3) is 0 Å². The topological polar surface area (TPSA) is 133 Å². The van der Waals surface area contributed by atoms with Gasteiger partial charge in [0, 0.05) is 20.1 Å². The molecule has 1 fully saturated rings. The number of aliphatic hydroxyl groups is 3. The van der Waals surface area contributed by atoms with Crippen LogP contribution in [0.5, 0.6) is 11.5 Å². The van der Waals surface area contributed by atoms with E-state index in [1.807, 2.05) is 0 Å². The quantitative estimate of drug-likeness (QED) is 0.299. The van der Waals surface area contributed by atoms with Crippen LogP contribution in [0.4, 0.5) is 0 Å². The minimum atomic E-state index is -0.815. The second-order valence-electron chi connectivity index (χ2n) is 6.23. The minimum Gasteiger partial charge on any atom is -0.870 e. The molecule has 2 aromatic rings. The van der Waals surface area contributed by atoms with Gasteiger partial charge in [-0.3, -0.25) is 0 Å². The SMILES string of the molecule is OCC1Oc2c(Cl)cc(Br)cc2C1O.Oc1c(Cl)cc(Br)cc1C(O)C1CO1.[K+].[OH-]. The molecule has 4 unspecified atom stereocenters. The van der Waals surface area contributed by atoms with Crippen LogP contribution in [-0.4, -0.2) is 51.3 Å². The summed E-state index contributed by atoms with van der Waals surface area (Å²) in [4.78, 5) is 0. The Morgan fingerprint density at radius 2 is 1.67 bits per heavy atom. The van der Waals surface area contributed by atoms with Gasteiger partial charge in [0.05, 0.1) is 23.3 Å². The predicted molar refractivity (Wildman–Crippen MR) is 113 cm³/mol. The zero-order valence-electron chi connectivity index (χ0n) is 15.6. The second-order valence-corrected chi connectivity index (χ2v) is 8.88. The van der Waals surface area contributed by atoms with Crippen LogP contribution < -0.4 is 56.1 Å². The molecule has 30 heavy (non-hydrogen) atoms. The molecule has 0 aliphatic carbocycles. The molecule has 0 radical (unpaired) electrons. The number of phenolic OH excluding ortho intramolecular Hbond substituents is 1. The molecule has 2 aliphatic heterocycles. The Labute approximate surface area is 242 Å². The summed E-state index contributed by atoms with van der Waals surface area (Å²) in [6.07, 6.45) is -2.46. The van der Waals surface area contributed by atoms with Gasteiger partial charge in [-0.15, -0.1) is 0 Å². The van der Waals surface area contributed by atoms with Gasteiger partial charge in [0.25, 0.3) is 0 Å². The third-order valence-corrected chi connectivity index (χ3v) is 5.73. The smallest absolute Gasteiger partial charge is 0.870 e. The first-order valence-corrected chi connectivity index (χ1v) is 10.5. The Bertz CT molecular complexity index is 886. The van der Waals surface area contributed by atoms with Gasteiger partial charge < -0.3 is 35.4 Å². The zero-order chi connectivity index (χ0) is 20.6. The number of aliphatic hydroxyl groups excluding tert-OH is 3. The van der Waals surface area contributed by atoms with E-state index >= 15 is 0 Å². The summed E-state index contributed by atoms with van der Waals surface area (Å²) >= 11 is 18.2. The summed E-state index contributed by atoms with van der Waals surface area (Å²) in [5.41, 5.74) is 1.01. The molecule has 0 spiro atoms. The van der Waals surface area contributed by atoms with E-state index in [1.54, 1.807) is 24.3 Å². The second kappa shape index (κ2) is 12.5. The Balaban J connectivity index is 0.000000281. The van der Waals surface area contributed by atoms with Crippen molar-refractivity contribution in [2.45, 2.75) is 24.4 Å². The van der Waals surface area contributed by atoms with Gasteiger partial charge in [-0.25, -0.2) is 0 Å². The third kappa shape index (κ3) is 6.77. The average molecular weight is 615 g/mol. The number of halogens is 4. The molecular formula is C18H17Br2Cl2KO7. The van der Waals surface area contributed by atoms with E-state index in [2.05, 4.69) is 31.9 Å². The third-order valence-electron chi connectivity index (χ3n) is 4.24. The summed E-state index contributed by atoms with van der Waals surface area (Å²) in [6.45, 7) is 0.286. The van der Waals surface area contributed by atoms with Crippen molar-refractivity contribution >= 4 is 55.1 Å². The molecule has 0 saturated carbocycles. The largest absolute Gasteiger partial charge is 1.00 e. The van der Waals surface area contributed by atoms with E-state index in [4.69, 9.17) is 37.8 Å². The molecule has 12 heteroatoms. The van der Waals surface area contributed by atoms with Gasteiger partial charge in [-0.1, -0.05) is 55.1 Å². The van der Waals surface area contributed by atoms with E-state index in [0.29, 0.717) is 28.5 Å². The van der Waals surface area contributed by atoms with Crippen molar-refractivity contribution in [2.24, 2.45) is 0 Å². The Hall–Kier alpha value is 1.02. The van der Waals surface area contributed by atoms with E-state index < -0.39 is 18.3 Å². The summed E-state index contributed by atoms with van der Waals surface area (Å²) in [5, 5.41) is 38.6. The maximum atomic E-state index is 9.73. The van der Waals surface area contributed by atoms with Crippen LogP contribution in [0.1, 0.15) is 23.3 Å². The number of phenols is 1. The first kappa shape index (κ1) is 29.0. The molecule has 0 amide bonds. The maximum absolute atomic E-state index is 9.73. The molecule has 1 saturated heterocycles. The molecule has 2 heterocycles. The minimum absolute atomic E-state index is 0. The fraction of sp³-hybridized carbons (Fsp3) is 0.333. The Morgan fingerprint density at radius 1 is 1.10 bits per heavy atom. The summed E-state index contributed by atoms with van der Waals surface area (Å²) in [7, 11) is 0. The van der Waals surface area contributed by atoms with Crippen molar-refractivity contribution in [3.05, 3.63) is 54.4 Å². The molecule has 2 aliphatic rings. The first-order chi connectivity index (χ1) is 13.2. The van der Waals surface area contributed by atoms with E-state index in [9.17, 15) is 15.3 Å². The molecule has 2 aromatic carbocycles. The fourth-order valence-corrected chi connectivity index (χ4v) is 4.44.